The van der Waals surface area contributed by atoms with E-state index in [1.54, 1.807) is 19.1 Å². The number of carbonyl (C=O) groups excluding carboxylic acids is 1. The zero-order chi connectivity index (χ0) is 17.5. The van der Waals surface area contributed by atoms with Gasteiger partial charge >= 0.3 is 5.69 Å². The number of aromatic hydroxyl groups is 1. The topological polar surface area (TPSA) is 127 Å². The average Bonchev–Trinajstić information content (AvgIpc) is 2.58. The summed E-state index contributed by atoms with van der Waals surface area (Å²) in [7, 11) is 0. The molecular formula is C15H14N4O5. The normalized spacial score (nSPS) is 10.5. The fourth-order valence-electron chi connectivity index (χ4n) is 1.82. The number of aromatic nitrogens is 1. The van der Waals surface area contributed by atoms with Gasteiger partial charge in [-0.1, -0.05) is 0 Å². The quantitative estimate of drug-likeness (QED) is 0.473. The predicted octanol–water partition coefficient (Wildman–Crippen LogP) is 1.86. The van der Waals surface area contributed by atoms with E-state index >= 15 is 0 Å². The van der Waals surface area contributed by atoms with Crippen LogP contribution in [0.15, 0.2) is 41.8 Å². The standard InChI is InChI=1S/C15H14N4O5/c1-2-24-13-7-10(6-12(14(13)20)19(22)23)8-17-18-15(21)11-4-3-5-16-9-11/h3-9,20H,2H2,1H3,(H,18,21). The number of rotatable bonds is 6. The van der Waals surface area contributed by atoms with Crippen molar-refractivity contribution in [3.8, 4) is 11.5 Å². The number of nitro benzene ring substituents is 1. The second-order valence-corrected chi connectivity index (χ2v) is 4.52. The highest BCUT2D eigenvalue weighted by atomic mass is 16.6. The molecule has 1 aromatic heterocycles. The molecule has 1 heterocycles. The predicted molar refractivity (Wildman–Crippen MR) is 85.2 cm³/mol. The minimum Gasteiger partial charge on any atom is -0.500 e. The van der Waals surface area contributed by atoms with Crippen molar-refractivity contribution < 1.29 is 19.6 Å². The lowest BCUT2D eigenvalue weighted by Crippen LogP contribution is -2.17. The molecule has 2 rings (SSSR count). The maximum atomic E-state index is 11.8. The van der Waals surface area contributed by atoms with Crippen LogP contribution < -0.4 is 10.2 Å². The molecule has 0 unspecified atom stereocenters. The number of amides is 1. The van der Waals surface area contributed by atoms with Crippen molar-refractivity contribution in [3.63, 3.8) is 0 Å². The Hall–Kier alpha value is -3.49. The first-order valence-corrected chi connectivity index (χ1v) is 6.90. The summed E-state index contributed by atoms with van der Waals surface area (Å²) < 4.78 is 5.15. The number of nitro groups is 1. The van der Waals surface area contributed by atoms with E-state index in [2.05, 4.69) is 15.5 Å². The van der Waals surface area contributed by atoms with E-state index in [0.29, 0.717) is 5.56 Å². The summed E-state index contributed by atoms with van der Waals surface area (Å²) in [5.41, 5.74) is 2.37. The van der Waals surface area contributed by atoms with Crippen LogP contribution in [0.4, 0.5) is 5.69 Å². The molecule has 0 fully saturated rings. The molecule has 9 nitrogen and oxygen atoms in total. The Kier molecular flexibility index (Phi) is 5.40. The number of nitrogens with zero attached hydrogens (tertiary/aromatic N) is 3. The van der Waals surface area contributed by atoms with Crippen LogP contribution in [0.25, 0.3) is 0 Å². The first kappa shape index (κ1) is 16.9. The first-order chi connectivity index (χ1) is 11.5. The number of nitrogens with one attached hydrogen (secondary N) is 1. The van der Waals surface area contributed by atoms with Crippen molar-refractivity contribution in [3.05, 3.63) is 57.9 Å². The number of ether oxygens (including phenoxy) is 1. The van der Waals surface area contributed by atoms with Crippen LogP contribution >= 0.6 is 0 Å². The number of phenolic OH excluding ortho intramolecular Hbond substituents is 1. The van der Waals surface area contributed by atoms with Gasteiger partial charge in [-0.25, -0.2) is 5.43 Å². The second-order valence-electron chi connectivity index (χ2n) is 4.52. The number of pyridine rings is 1. The summed E-state index contributed by atoms with van der Waals surface area (Å²) >= 11 is 0. The molecular weight excluding hydrogens is 316 g/mol. The number of hydrogen-bond acceptors (Lipinski definition) is 7. The average molecular weight is 330 g/mol. The minimum atomic E-state index is -0.733. The third-order valence-corrected chi connectivity index (χ3v) is 2.88. The Bertz CT molecular complexity index is 777. The fraction of sp³-hybridized carbons (Fsp3) is 0.133. The summed E-state index contributed by atoms with van der Waals surface area (Å²) in [5.74, 6) is -1.07. The van der Waals surface area contributed by atoms with Crippen LogP contribution in [-0.4, -0.2) is 33.7 Å². The third kappa shape index (κ3) is 4.03. The molecule has 0 atom stereocenters. The van der Waals surface area contributed by atoms with Crippen molar-refractivity contribution in [1.29, 1.82) is 0 Å². The Morgan fingerprint density at radius 3 is 2.96 bits per heavy atom. The number of hydrogen-bond donors (Lipinski definition) is 2. The van der Waals surface area contributed by atoms with Gasteiger partial charge in [0.2, 0.25) is 5.75 Å². The molecule has 0 saturated heterocycles. The van der Waals surface area contributed by atoms with Gasteiger partial charge in [-0.3, -0.25) is 19.9 Å². The molecule has 0 bridgehead atoms. The molecule has 1 amide bonds. The van der Waals surface area contributed by atoms with E-state index in [4.69, 9.17) is 4.74 Å². The first-order valence-electron chi connectivity index (χ1n) is 6.90. The number of phenols is 1. The van der Waals surface area contributed by atoms with Crippen LogP contribution in [0.1, 0.15) is 22.8 Å². The maximum absolute atomic E-state index is 11.8. The summed E-state index contributed by atoms with van der Waals surface area (Å²) in [6.45, 7) is 1.91. The van der Waals surface area contributed by atoms with Gasteiger partial charge in [0.05, 0.1) is 23.3 Å². The summed E-state index contributed by atoms with van der Waals surface area (Å²) in [6.07, 6.45) is 4.12. The Morgan fingerprint density at radius 2 is 2.33 bits per heavy atom. The van der Waals surface area contributed by atoms with Crippen molar-refractivity contribution >= 4 is 17.8 Å². The van der Waals surface area contributed by atoms with Gasteiger partial charge in [0.15, 0.2) is 5.75 Å². The minimum absolute atomic E-state index is 0.0354. The molecule has 24 heavy (non-hydrogen) atoms. The van der Waals surface area contributed by atoms with E-state index in [-0.39, 0.29) is 17.9 Å². The molecule has 2 aromatic rings. The highest BCUT2D eigenvalue weighted by molar-refractivity contribution is 5.94. The van der Waals surface area contributed by atoms with Crippen molar-refractivity contribution in [2.24, 2.45) is 5.10 Å². The van der Waals surface area contributed by atoms with E-state index in [9.17, 15) is 20.0 Å². The lowest BCUT2D eigenvalue weighted by molar-refractivity contribution is -0.386. The van der Waals surface area contributed by atoms with Crippen LogP contribution in [-0.2, 0) is 0 Å². The van der Waals surface area contributed by atoms with Crippen LogP contribution in [0.5, 0.6) is 11.5 Å². The molecule has 0 aliphatic rings. The molecule has 0 spiro atoms. The van der Waals surface area contributed by atoms with Gasteiger partial charge in [-0.15, -0.1) is 0 Å². The number of carbonyl (C=O) groups is 1. The summed E-state index contributed by atoms with van der Waals surface area (Å²) in [6, 6.07) is 5.68. The van der Waals surface area contributed by atoms with Crippen LogP contribution in [0.2, 0.25) is 0 Å². The van der Waals surface area contributed by atoms with Gasteiger partial charge in [0.1, 0.15) is 0 Å². The van der Waals surface area contributed by atoms with Gasteiger partial charge in [0.25, 0.3) is 5.91 Å². The SMILES string of the molecule is CCOc1cc(C=NNC(=O)c2cccnc2)cc([N+](=O)[O-])c1O. The number of benzene rings is 1. The maximum Gasteiger partial charge on any atom is 0.315 e. The van der Waals surface area contributed by atoms with Crippen molar-refractivity contribution in [2.75, 3.05) is 6.61 Å². The van der Waals surface area contributed by atoms with Gasteiger partial charge in [-0.2, -0.15) is 5.10 Å². The van der Waals surface area contributed by atoms with E-state index in [0.717, 1.165) is 6.07 Å². The molecule has 0 aliphatic heterocycles. The van der Waals surface area contributed by atoms with Crippen molar-refractivity contribution in [1.82, 2.24) is 10.4 Å². The van der Waals surface area contributed by atoms with Crippen molar-refractivity contribution in [2.45, 2.75) is 6.92 Å². The molecule has 0 radical (unpaired) electrons. The molecule has 0 saturated carbocycles. The highest BCUT2D eigenvalue weighted by Crippen LogP contribution is 2.36. The van der Waals surface area contributed by atoms with Crippen LogP contribution in [0, 0.1) is 10.1 Å². The smallest absolute Gasteiger partial charge is 0.315 e. The fourth-order valence-corrected chi connectivity index (χ4v) is 1.82. The molecule has 124 valence electrons. The Balaban J connectivity index is 2.19. The van der Waals surface area contributed by atoms with Gasteiger partial charge < -0.3 is 9.84 Å². The largest absolute Gasteiger partial charge is 0.500 e. The Labute approximate surface area is 136 Å². The van der Waals surface area contributed by atoms with E-state index in [1.165, 1.54) is 24.7 Å². The molecule has 2 N–H and O–H groups in total. The van der Waals surface area contributed by atoms with Gasteiger partial charge in [0, 0.05) is 24.0 Å². The van der Waals surface area contributed by atoms with E-state index in [1.807, 2.05) is 0 Å². The summed E-state index contributed by atoms with van der Waals surface area (Å²) in [4.78, 5) is 25.8. The lowest BCUT2D eigenvalue weighted by atomic mass is 10.2. The zero-order valence-electron chi connectivity index (χ0n) is 12.7. The highest BCUT2D eigenvalue weighted by Gasteiger charge is 2.19. The van der Waals surface area contributed by atoms with Crippen LogP contribution in [0.3, 0.4) is 0 Å². The van der Waals surface area contributed by atoms with E-state index < -0.39 is 22.3 Å². The third-order valence-electron chi connectivity index (χ3n) is 2.88. The lowest BCUT2D eigenvalue weighted by Gasteiger charge is -2.07. The molecule has 9 heteroatoms. The number of hydrazone groups is 1. The second kappa shape index (κ2) is 7.68. The molecule has 1 aromatic carbocycles. The van der Waals surface area contributed by atoms with Gasteiger partial charge in [-0.05, 0) is 25.1 Å². The Morgan fingerprint density at radius 1 is 1.54 bits per heavy atom. The monoisotopic (exact) mass is 330 g/mol. The molecule has 0 aliphatic carbocycles. The summed E-state index contributed by atoms with van der Waals surface area (Å²) in [5, 5.41) is 24.5. The zero-order valence-corrected chi connectivity index (χ0v) is 12.7.